The number of imidazole rings is 2. The highest BCUT2D eigenvalue weighted by Crippen LogP contribution is 2.41. The second-order valence-electron chi connectivity index (χ2n) is 25.0. The minimum atomic E-state index is -0.677. The maximum absolute atomic E-state index is 13.4. The van der Waals surface area contributed by atoms with Crippen LogP contribution in [0.25, 0.3) is 11.1 Å². The van der Waals surface area contributed by atoms with Crippen molar-refractivity contribution < 1.29 is 90.5 Å². The number of fused-ring (bicyclic) bond motifs is 1. The van der Waals surface area contributed by atoms with E-state index in [0.29, 0.717) is 143 Å². The molecule has 0 radical (unpaired) electrons. The lowest BCUT2D eigenvalue weighted by atomic mass is 9.88. The molecule has 1 aliphatic heterocycles. The van der Waals surface area contributed by atoms with Crippen molar-refractivity contribution in [1.82, 2.24) is 50.3 Å². The van der Waals surface area contributed by atoms with Crippen LogP contribution in [0.3, 0.4) is 0 Å². The van der Waals surface area contributed by atoms with E-state index in [0.717, 1.165) is 34.5 Å². The van der Waals surface area contributed by atoms with E-state index in [-0.39, 0.29) is 123 Å². The topological polar surface area (TPSA) is 440 Å². The molecule has 0 saturated carbocycles. The number of ether oxygens (including phenoxy) is 11. The number of guanidine groups is 1. The molecule has 0 saturated heterocycles. The molecular weight excluding hydrogens is 1470 g/mol. The summed E-state index contributed by atoms with van der Waals surface area (Å²) in [5, 5.41) is 32.8. The van der Waals surface area contributed by atoms with Crippen LogP contribution in [-0.4, -0.2) is 261 Å². The van der Waals surface area contributed by atoms with Gasteiger partial charge in [-0.2, -0.15) is 0 Å². The summed E-state index contributed by atoms with van der Waals surface area (Å²) in [7, 11) is 4.76. The molecule has 3 aromatic heterocycles. The minimum Gasteiger partial charge on any atom is -0.378 e. The molecule has 12 N–H and O–H groups in total. The number of carbonyl (C=O) groups excluding carboxylic acids is 8. The lowest BCUT2D eigenvalue weighted by molar-refractivity contribution is -0.126. The van der Waals surface area contributed by atoms with Crippen molar-refractivity contribution in [3.05, 3.63) is 125 Å². The maximum Gasteiger partial charge on any atom is 0.291 e. The zero-order valence-corrected chi connectivity index (χ0v) is 64.2. The number of hydrogen-bond donors (Lipinski definition) is 11. The van der Waals surface area contributed by atoms with Gasteiger partial charge in [-0.25, -0.2) is 9.97 Å². The van der Waals surface area contributed by atoms with Crippen LogP contribution in [0, 0.1) is 5.41 Å². The number of amides is 8. The van der Waals surface area contributed by atoms with E-state index in [1.165, 1.54) is 32.2 Å². The van der Waals surface area contributed by atoms with Crippen LogP contribution in [0.5, 0.6) is 0 Å². The Morgan fingerprint density at radius 2 is 0.928 bits per heavy atom. The third kappa shape index (κ3) is 32.1. The fraction of sp³-hybridized carbons (Fsp3) is 0.500. The van der Waals surface area contributed by atoms with Crippen molar-refractivity contribution in [2.45, 2.75) is 45.2 Å². The summed E-state index contributed by atoms with van der Waals surface area (Å²) in [4.78, 5) is 113. The third-order valence-corrected chi connectivity index (χ3v) is 16.7. The van der Waals surface area contributed by atoms with Gasteiger partial charge in [-0.05, 0) is 84.6 Å². The van der Waals surface area contributed by atoms with Crippen LogP contribution in [0.2, 0.25) is 5.02 Å². The van der Waals surface area contributed by atoms with E-state index in [9.17, 15) is 38.4 Å². The number of nitrogens with zero attached hydrogens (tertiary/aromatic N) is 6. The SMILES string of the molecule is CC(=O)N1c2ccc(-c3ccc(C(=O)NCCOCCOCCOCCOCCOCCOCCOCCOCCNC(=O)c4nc(NC(=O)CCNC(=O)c5c(NC(=O)c6nc(NC(=O)CCNC(=O)COCCOCCOCCNC(=N)N)cn6C)ccn5C)cn4C)cc3)cc2[C@H](Nc2ccc(Cl)cc2)C[C@@H]1C. The Morgan fingerprint density at radius 1 is 0.486 bits per heavy atom. The summed E-state index contributed by atoms with van der Waals surface area (Å²) in [6.07, 6.45) is 4.97. The second-order valence-corrected chi connectivity index (χ2v) is 25.5. The molecule has 0 aliphatic carbocycles. The van der Waals surface area contributed by atoms with E-state index in [2.05, 4.69) is 70.8 Å². The number of nitrogens with one attached hydrogen (secondary N) is 10. The summed E-state index contributed by atoms with van der Waals surface area (Å²) in [5.74, 6) is -3.29. The number of hydrogen-bond acceptors (Lipinski definition) is 23. The van der Waals surface area contributed by atoms with Gasteiger partial charge < -0.3 is 124 Å². The smallest absolute Gasteiger partial charge is 0.291 e. The van der Waals surface area contributed by atoms with Crippen LogP contribution in [0.1, 0.15) is 86.8 Å². The first-order chi connectivity index (χ1) is 53.7. The number of anilines is 5. The Hall–Kier alpha value is -9.96. The largest absolute Gasteiger partial charge is 0.378 e. The molecule has 0 bridgehead atoms. The van der Waals surface area contributed by atoms with Gasteiger partial charge in [0.1, 0.15) is 12.3 Å². The Balaban J connectivity index is 0.613. The van der Waals surface area contributed by atoms with Gasteiger partial charge in [-0.15, -0.1) is 0 Å². The van der Waals surface area contributed by atoms with Gasteiger partial charge in [0, 0.05) is 120 Å². The van der Waals surface area contributed by atoms with Crippen molar-refractivity contribution >= 4 is 93.5 Å². The molecule has 606 valence electrons. The third-order valence-electron chi connectivity index (χ3n) is 16.4. The van der Waals surface area contributed by atoms with Crippen LogP contribution in [0.4, 0.5) is 28.7 Å². The van der Waals surface area contributed by atoms with Crippen molar-refractivity contribution in [1.29, 1.82) is 5.41 Å². The second kappa shape index (κ2) is 49.3. The zero-order chi connectivity index (χ0) is 79.5. The number of aromatic nitrogens is 5. The van der Waals surface area contributed by atoms with E-state index in [4.69, 9.17) is 74.8 Å². The maximum atomic E-state index is 13.4. The number of rotatable bonds is 54. The molecule has 0 fully saturated rings. The molecule has 4 heterocycles. The van der Waals surface area contributed by atoms with Gasteiger partial charge in [0.2, 0.25) is 35.3 Å². The van der Waals surface area contributed by atoms with E-state index >= 15 is 0 Å². The minimum absolute atomic E-state index is 0.00588. The zero-order valence-electron chi connectivity index (χ0n) is 63.4. The van der Waals surface area contributed by atoms with Crippen LogP contribution in [0.15, 0.2) is 91.4 Å². The average molecular weight is 1570 g/mol. The molecular formula is C74H104ClN17O19. The lowest BCUT2D eigenvalue weighted by Gasteiger charge is -2.39. The molecule has 36 nitrogen and oxygen atoms in total. The Bertz CT molecular complexity index is 3910. The predicted octanol–water partition coefficient (Wildman–Crippen LogP) is 3.39. The van der Waals surface area contributed by atoms with Gasteiger partial charge in [0.25, 0.3) is 23.6 Å². The fourth-order valence-corrected chi connectivity index (χ4v) is 11.2. The van der Waals surface area contributed by atoms with Crippen LogP contribution >= 0.6 is 11.6 Å². The fourth-order valence-electron chi connectivity index (χ4n) is 11.1. The first kappa shape index (κ1) is 88.3. The first-order valence-electron chi connectivity index (χ1n) is 36.5. The number of aryl methyl sites for hydroxylation is 3. The molecule has 3 aromatic carbocycles. The molecule has 2 atom stereocenters. The first-order valence-corrected chi connectivity index (χ1v) is 36.9. The normalized spacial score (nSPS) is 13.1. The van der Waals surface area contributed by atoms with Gasteiger partial charge in [0.15, 0.2) is 17.6 Å². The van der Waals surface area contributed by atoms with Crippen molar-refractivity contribution in [3.8, 4) is 11.1 Å². The number of carbonyl (C=O) groups is 8. The van der Waals surface area contributed by atoms with Crippen molar-refractivity contribution in [2.24, 2.45) is 26.9 Å². The number of benzene rings is 3. The number of halogens is 1. The van der Waals surface area contributed by atoms with Crippen molar-refractivity contribution in [2.75, 3.05) is 204 Å². The molecule has 0 spiro atoms. The Kier molecular flexibility index (Phi) is 39.2. The monoisotopic (exact) mass is 1570 g/mol. The van der Waals surface area contributed by atoms with Gasteiger partial charge in [0.05, 0.1) is 150 Å². The highest BCUT2D eigenvalue weighted by molar-refractivity contribution is 6.30. The van der Waals surface area contributed by atoms with Crippen LogP contribution < -0.4 is 58.5 Å². The highest BCUT2D eigenvalue weighted by Gasteiger charge is 2.33. The molecule has 8 amide bonds. The van der Waals surface area contributed by atoms with Gasteiger partial charge >= 0.3 is 0 Å². The summed E-state index contributed by atoms with van der Waals surface area (Å²) < 4.78 is 64.9. The van der Waals surface area contributed by atoms with E-state index < -0.39 is 35.4 Å². The predicted molar refractivity (Wildman–Crippen MR) is 412 cm³/mol. The van der Waals surface area contributed by atoms with Gasteiger partial charge in [-0.1, -0.05) is 29.8 Å². The average Bonchev–Trinajstić information content (AvgIpc) is 1.57. The molecule has 6 aromatic rings. The number of nitrogens with two attached hydrogens (primary N) is 1. The standard InChI is InChI=1S/C74H104ClN17O19/c1-51-46-60(83-57-13-11-56(75)12-14-57)58-47-55(10-15-61(58)92(51)52(2)93)53-6-8-54(9-7-53)70(97)80-21-25-101-28-31-104-34-36-106-38-40-108-42-43-109-41-39-107-37-35-105-32-29-102-26-22-81-72(99)68-87-62(48-90(68)4)85-65(95)17-20-79-71(98)67-59(18-24-89(67)3)84-73(100)69-88-63(49-91(69)5)86-64(94)16-19-78-66(96)50-111-45-44-110-33-30-103-27-23-82-74(76)77/h6-15,18,24,47-49,51,60,83H,16-17,19-23,25-46,50H2,1-5H3,(H,78,96)(H,79,98)(H,80,97)(H,81,99)(H,84,100)(H,85,95)(H,86,94)(H4,76,77,82)/t51-,60+/m0/s1. The lowest BCUT2D eigenvalue weighted by Crippen LogP contribution is -2.43. The quantitative estimate of drug-likeness (QED) is 0.0148. The summed E-state index contributed by atoms with van der Waals surface area (Å²) in [6, 6.07) is 22.7. The molecule has 7 rings (SSSR count). The Morgan fingerprint density at radius 3 is 1.42 bits per heavy atom. The van der Waals surface area contributed by atoms with Gasteiger partial charge in [-0.3, -0.25) is 43.8 Å². The summed E-state index contributed by atoms with van der Waals surface area (Å²) in [5.41, 5.74) is 10.7. The van der Waals surface area contributed by atoms with Crippen molar-refractivity contribution in [3.63, 3.8) is 0 Å². The highest BCUT2D eigenvalue weighted by atomic mass is 35.5. The Labute approximate surface area is 649 Å². The van der Waals surface area contributed by atoms with Crippen LogP contribution in [-0.2, 0) is 92.4 Å². The molecule has 0 unspecified atom stereocenters. The molecule has 37 heteroatoms. The summed E-state index contributed by atoms with van der Waals surface area (Å²) in [6.45, 7) is 11.6. The molecule has 111 heavy (non-hydrogen) atoms. The molecule has 1 aliphatic rings. The van der Waals surface area contributed by atoms with E-state index in [1.807, 2.05) is 53.4 Å². The summed E-state index contributed by atoms with van der Waals surface area (Å²) >= 11 is 6.14. The van der Waals surface area contributed by atoms with E-state index in [1.54, 1.807) is 46.4 Å².